The zero-order valence-electron chi connectivity index (χ0n) is 13.4. The second-order valence-electron chi connectivity index (χ2n) is 5.44. The lowest BCUT2D eigenvalue weighted by Gasteiger charge is -2.05. The molecular weight excluding hydrogens is 376 g/mol. The van der Waals surface area contributed by atoms with Gasteiger partial charge in [0.25, 0.3) is 10.0 Å². The normalized spacial score (nSPS) is 15.8. The Morgan fingerprint density at radius 2 is 2.04 bits per heavy atom. The van der Waals surface area contributed by atoms with Gasteiger partial charge < -0.3 is 5.32 Å². The Labute approximate surface area is 155 Å². The Morgan fingerprint density at radius 3 is 2.81 bits per heavy atom. The summed E-state index contributed by atoms with van der Waals surface area (Å²) in [6.07, 6.45) is 0.0535. The average molecular weight is 389 g/mol. The molecule has 0 saturated carbocycles. The summed E-state index contributed by atoms with van der Waals surface area (Å²) in [6.45, 7) is 0.108. The van der Waals surface area contributed by atoms with Crippen molar-refractivity contribution in [2.45, 2.75) is 11.3 Å². The fraction of sp³-hybridized carbons (Fsp3) is 0.118. The molecule has 1 amide bonds. The highest BCUT2D eigenvalue weighted by Gasteiger charge is 2.29. The summed E-state index contributed by atoms with van der Waals surface area (Å²) in [4.78, 5) is 16.4. The van der Waals surface area contributed by atoms with Crippen LogP contribution in [0.2, 0.25) is 5.02 Å². The number of anilines is 1. The second-order valence-corrected chi connectivity index (χ2v) is 7.49. The third-order valence-corrected chi connectivity index (χ3v) is 5.37. The number of fused-ring (bicyclic) bond motifs is 1. The zero-order valence-corrected chi connectivity index (χ0v) is 14.9. The van der Waals surface area contributed by atoms with Gasteiger partial charge >= 0.3 is 0 Å². The van der Waals surface area contributed by atoms with E-state index in [-0.39, 0.29) is 35.2 Å². The number of nitrogens with one attached hydrogen (secondary N) is 2. The first-order chi connectivity index (χ1) is 12.4. The molecule has 1 aliphatic rings. The molecule has 9 heteroatoms. The van der Waals surface area contributed by atoms with E-state index in [1.165, 1.54) is 18.2 Å². The molecule has 132 valence electrons. The van der Waals surface area contributed by atoms with E-state index in [1.807, 2.05) is 6.07 Å². The van der Waals surface area contributed by atoms with E-state index < -0.39 is 10.0 Å². The molecule has 1 heterocycles. The molecular formula is C17H13ClN4O3S. The van der Waals surface area contributed by atoms with Gasteiger partial charge in [-0.15, -0.1) is 0 Å². The van der Waals surface area contributed by atoms with Crippen LogP contribution in [0, 0.1) is 11.3 Å². The van der Waals surface area contributed by atoms with Crippen molar-refractivity contribution in [3.05, 3.63) is 58.6 Å². The van der Waals surface area contributed by atoms with Crippen LogP contribution < -0.4 is 10.0 Å². The van der Waals surface area contributed by atoms with Gasteiger partial charge in [-0.3, -0.25) is 14.5 Å². The number of aliphatic imine (C=N–C) groups is 1. The van der Waals surface area contributed by atoms with E-state index in [0.717, 1.165) is 0 Å². The van der Waals surface area contributed by atoms with Gasteiger partial charge in [0.15, 0.2) is 0 Å². The number of hydrogen-bond acceptors (Lipinski definition) is 5. The zero-order chi connectivity index (χ0) is 18.7. The van der Waals surface area contributed by atoms with Crippen LogP contribution in [0.3, 0.4) is 0 Å². The number of halogens is 1. The van der Waals surface area contributed by atoms with Crippen LogP contribution in [0.15, 0.2) is 52.4 Å². The van der Waals surface area contributed by atoms with E-state index in [2.05, 4.69) is 15.0 Å². The minimum atomic E-state index is -3.59. The van der Waals surface area contributed by atoms with Gasteiger partial charge in [0, 0.05) is 17.7 Å². The van der Waals surface area contributed by atoms with E-state index in [0.29, 0.717) is 16.3 Å². The number of amides is 1. The topological polar surface area (TPSA) is 111 Å². The highest BCUT2D eigenvalue weighted by Crippen LogP contribution is 2.22. The Morgan fingerprint density at radius 1 is 1.27 bits per heavy atom. The van der Waals surface area contributed by atoms with Crippen LogP contribution in [0.1, 0.15) is 17.5 Å². The number of nitriles is 1. The third-order valence-electron chi connectivity index (χ3n) is 3.64. The van der Waals surface area contributed by atoms with Crippen molar-refractivity contribution in [3.63, 3.8) is 0 Å². The second kappa shape index (κ2) is 7.15. The summed E-state index contributed by atoms with van der Waals surface area (Å²) < 4.78 is 26.3. The number of amidine groups is 1. The molecule has 0 radical (unpaired) electrons. The maximum Gasteiger partial charge on any atom is 0.263 e. The number of benzene rings is 2. The van der Waals surface area contributed by atoms with Crippen molar-refractivity contribution < 1.29 is 13.2 Å². The monoisotopic (exact) mass is 388 g/mol. The number of rotatable bonds is 4. The van der Waals surface area contributed by atoms with Crippen LogP contribution in [0.5, 0.6) is 0 Å². The SMILES string of the molecule is N#Cc1cc(NC(=O)CCN=C2NS(=O)(=O)c3ccccc32)ccc1Cl. The molecule has 0 unspecified atom stereocenters. The van der Waals surface area contributed by atoms with Crippen molar-refractivity contribution in [1.29, 1.82) is 5.26 Å². The van der Waals surface area contributed by atoms with Gasteiger partial charge in [0.05, 0.1) is 22.0 Å². The van der Waals surface area contributed by atoms with E-state index >= 15 is 0 Å². The third kappa shape index (κ3) is 3.69. The van der Waals surface area contributed by atoms with Gasteiger partial charge in [-0.05, 0) is 30.3 Å². The molecule has 2 aromatic rings. The number of carbonyl (C=O) groups excluding carboxylic acids is 1. The smallest absolute Gasteiger partial charge is 0.263 e. The van der Waals surface area contributed by atoms with Gasteiger partial charge in [-0.25, -0.2) is 8.42 Å². The standard InChI is InChI=1S/C17H13ClN4O3S/c18-14-6-5-12(9-11(14)10-19)21-16(23)7-8-20-17-13-3-1-2-4-15(13)26(24,25)22-17/h1-6,9H,7-8H2,(H,20,22)(H,21,23). The van der Waals surface area contributed by atoms with E-state index in [4.69, 9.17) is 16.9 Å². The lowest BCUT2D eigenvalue weighted by molar-refractivity contribution is -0.116. The fourth-order valence-corrected chi connectivity index (χ4v) is 3.84. The first kappa shape index (κ1) is 17.9. The Kier molecular flexibility index (Phi) is 4.93. The minimum Gasteiger partial charge on any atom is -0.326 e. The van der Waals surface area contributed by atoms with Crippen LogP contribution in [-0.2, 0) is 14.8 Å². The summed E-state index contributed by atoms with van der Waals surface area (Å²) in [5.74, 6) is -0.0821. The fourth-order valence-electron chi connectivity index (χ4n) is 2.43. The maximum atomic E-state index is 12.0. The number of nitrogens with zero attached hydrogens (tertiary/aromatic N) is 2. The van der Waals surface area contributed by atoms with Gasteiger partial charge in [-0.1, -0.05) is 23.7 Å². The molecule has 3 rings (SSSR count). The van der Waals surface area contributed by atoms with Gasteiger partial charge in [0.2, 0.25) is 5.91 Å². The quantitative estimate of drug-likeness (QED) is 0.836. The molecule has 0 fully saturated rings. The average Bonchev–Trinajstić information content (AvgIpc) is 2.88. The lowest BCUT2D eigenvalue weighted by atomic mass is 10.2. The van der Waals surface area contributed by atoms with Crippen LogP contribution in [0.4, 0.5) is 5.69 Å². The highest BCUT2D eigenvalue weighted by atomic mass is 35.5. The van der Waals surface area contributed by atoms with Gasteiger partial charge in [0.1, 0.15) is 11.9 Å². The largest absolute Gasteiger partial charge is 0.326 e. The van der Waals surface area contributed by atoms with Crippen molar-refractivity contribution in [2.24, 2.45) is 4.99 Å². The molecule has 0 saturated heterocycles. The first-order valence-corrected chi connectivity index (χ1v) is 9.43. The predicted octanol–water partition coefficient (Wildman–Crippen LogP) is 2.28. The molecule has 7 nitrogen and oxygen atoms in total. The summed E-state index contributed by atoms with van der Waals surface area (Å²) >= 11 is 5.84. The number of sulfonamides is 1. The Bertz CT molecular complexity index is 1060. The molecule has 0 bridgehead atoms. The summed E-state index contributed by atoms with van der Waals surface area (Å²) in [5.41, 5.74) is 1.21. The molecule has 1 aliphatic heterocycles. The Hall–Kier alpha value is -2.89. The van der Waals surface area contributed by atoms with E-state index in [9.17, 15) is 13.2 Å². The van der Waals surface area contributed by atoms with Crippen LogP contribution in [-0.4, -0.2) is 26.7 Å². The molecule has 0 aliphatic carbocycles. The van der Waals surface area contributed by atoms with Crippen molar-refractivity contribution in [3.8, 4) is 6.07 Å². The molecule has 26 heavy (non-hydrogen) atoms. The number of carbonyl (C=O) groups is 1. The van der Waals surface area contributed by atoms with Crippen molar-refractivity contribution in [1.82, 2.24) is 4.72 Å². The van der Waals surface area contributed by atoms with Crippen LogP contribution in [0.25, 0.3) is 0 Å². The molecule has 0 aromatic heterocycles. The van der Waals surface area contributed by atoms with Gasteiger partial charge in [-0.2, -0.15) is 5.26 Å². The number of hydrogen-bond donors (Lipinski definition) is 2. The predicted molar refractivity (Wildman–Crippen MR) is 97.6 cm³/mol. The molecule has 0 atom stereocenters. The first-order valence-electron chi connectivity index (χ1n) is 7.57. The molecule has 2 N–H and O–H groups in total. The molecule has 0 spiro atoms. The van der Waals surface area contributed by atoms with Crippen molar-refractivity contribution >= 4 is 39.1 Å². The lowest BCUT2D eigenvalue weighted by Crippen LogP contribution is -2.23. The summed E-state index contributed by atoms with van der Waals surface area (Å²) in [6, 6.07) is 13.0. The summed E-state index contributed by atoms with van der Waals surface area (Å²) in [5, 5.41) is 11.9. The maximum absolute atomic E-state index is 12.0. The highest BCUT2D eigenvalue weighted by molar-refractivity contribution is 7.90. The Balaban J connectivity index is 1.65. The summed E-state index contributed by atoms with van der Waals surface area (Å²) in [7, 11) is -3.59. The van der Waals surface area contributed by atoms with E-state index in [1.54, 1.807) is 24.3 Å². The van der Waals surface area contributed by atoms with Crippen molar-refractivity contribution in [2.75, 3.05) is 11.9 Å². The van der Waals surface area contributed by atoms with Crippen LogP contribution >= 0.6 is 11.6 Å². The molecule has 2 aromatic carbocycles. The minimum absolute atomic E-state index is 0.0535.